The topological polar surface area (TPSA) is 30.9 Å². The summed E-state index contributed by atoms with van der Waals surface area (Å²) in [6.07, 6.45) is 15.7. The van der Waals surface area contributed by atoms with Crippen LogP contribution < -0.4 is 5.73 Å². The predicted octanol–water partition coefficient (Wildman–Crippen LogP) is 10.5. The third-order valence-electron chi connectivity index (χ3n) is 10.1. The van der Waals surface area contributed by atoms with E-state index in [1.807, 2.05) is 18.2 Å². The Bertz CT molecular complexity index is 2140. The summed E-state index contributed by atoms with van der Waals surface area (Å²) in [5.41, 5.74) is 20.9. The minimum absolute atomic E-state index is 0.579. The number of nitrogens with zero attached hydrogens (tertiary/aromatic N) is 1. The summed E-state index contributed by atoms with van der Waals surface area (Å²) in [5.74, 6) is 0.579. The van der Waals surface area contributed by atoms with Crippen molar-refractivity contribution in [3.8, 4) is 5.69 Å². The lowest BCUT2D eigenvalue weighted by atomic mass is 9.80. The van der Waals surface area contributed by atoms with Crippen LogP contribution in [0.2, 0.25) is 0 Å². The van der Waals surface area contributed by atoms with Crippen molar-refractivity contribution in [2.24, 2.45) is 5.73 Å². The fourth-order valence-corrected chi connectivity index (χ4v) is 7.75. The Morgan fingerprint density at radius 1 is 0.745 bits per heavy atom. The molecule has 1 heterocycles. The van der Waals surface area contributed by atoms with Gasteiger partial charge in [0.25, 0.3) is 0 Å². The number of hydrogen-bond donors (Lipinski definition) is 1. The minimum atomic E-state index is 0.579. The molecule has 0 aliphatic heterocycles. The number of nitrogens with two attached hydrogens (primary N) is 1. The van der Waals surface area contributed by atoms with Crippen LogP contribution in [0.1, 0.15) is 63.5 Å². The Labute approximate surface area is 278 Å². The molecule has 0 bridgehead atoms. The lowest BCUT2D eigenvalue weighted by Gasteiger charge is -2.25. The van der Waals surface area contributed by atoms with E-state index in [1.54, 1.807) is 11.1 Å². The van der Waals surface area contributed by atoms with Crippen molar-refractivity contribution in [2.45, 2.75) is 44.4 Å². The molecule has 0 radical (unpaired) electrons. The van der Waals surface area contributed by atoms with Crippen molar-refractivity contribution >= 4 is 28.1 Å². The first-order chi connectivity index (χ1) is 23.2. The van der Waals surface area contributed by atoms with Gasteiger partial charge in [-0.05, 0) is 118 Å². The predicted molar refractivity (Wildman–Crippen MR) is 199 cm³/mol. The molecule has 47 heavy (non-hydrogen) atoms. The van der Waals surface area contributed by atoms with Crippen LogP contribution in [-0.2, 0) is 25.7 Å². The summed E-state index contributed by atoms with van der Waals surface area (Å²) in [5, 5.41) is 2.57. The van der Waals surface area contributed by atoms with Crippen LogP contribution in [0.4, 0.5) is 0 Å². The van der Waals surface area contributed by atoms with Gasteiger partial charge < -0.3 is 10.3 Å². The quantitative estimate of drug-likeness (QED) is 0.180. The highest BCUT2D eigenvalue weighted by Gasteiger charge is 2.29. The maximum atomic E-state index is 6.77. The van der Waals surface area contributed by atoms with E-state index in [9.17, 15) is 0 Å². The first kappa shape index (κ1) is 29.1. The molecule has 2 aliphatic rings. The van der Waals surface area contributed by atoms with E-state index in [-0.39, 0.29) is 0 Å². The number of fused-ring (bicyclic) bond motifs is 4. The Morgan fingerprint density at radius 2 is 1.49 bits per heavy atom. The molecule has 2 N–H and O–H groups in total. The van der Waals surface area contributed by atoms with Crippen molar-refractivity contribution in [2.75, 3.05) is 0 Å². The van der Waals surface area contributed by atoms with Crippen LogP contribution in [0.3, 0.4) is 0 Å². The summed E-state index contributed by atoms with van der Waals surface area (Å²) in [7, 11) is 0. The third-order valence-corrected chi connectivity index (χ3v) is 10.1. The van der Waals surface area contributed by atoms with Gasteiger partial charge in [0.2, 0.25) is 0 Å². The van der Waals surface area contributed by atoms with Gasteiger partial charge in [0.15, 0.2) is 0 Å². The van der Waals surface area contributed by atoms with E-state index >= 15 is 0 Å². The summed E-state index contributed by atoms with van der Waals surface area (Å²) in [6.45, 7) is 0. The fourth-order valence-electron chi connectivity index (χ4n) is 7.75. The number of allylic oxidation sites excluding steroid dienone is 4. The number of aromatic nitrogens is 1. The first-order valence-electron chi connectivity index (χ1n) is 17.0. The standard InChI is InChI=1S/C45H40N2/c46-43(35-16-5-2-6-17-35)31-38(26-25-34-19-11-18-33-15-7-8-22-40(33)34)36-20-12-21-39(29-36)47-44-24-10-9-23-41(44)42-30-37(27-28-45(42)47)32-13-3-1-4-14-32/h1-8,10-22,24,26,29,31,37H,9,23,25,27-28,30,46H2/b38-26+,43-31-. The summed E-state index contributed by atoms with van der Waals surface area (Å²) in [4.78, 5) is 0. The van der Waals surface area contributed by atoms with Gasteiger partial charge in [0.05, 0.1) is 0 Å². The van der Waals surface area contributed by atoms with Gasteiger partial charge >= 0.3 is 0 Å². The second-order valence-electron chi connectivity index (χ2n) is 12.9. The van der Waals surface area contributed by atoms with Gasteiger partial charge in [0, 0.05) is 22.8 Å². The second-order valence-corrected chi connectivity index (χ2v) is 12.9. The summed E-state index contributed by atoms with van der Waals surface area (Å²) in [6, 6.07) is 45.7. The van der Waals surface area contributed by atoms with E-state index in [2.05, 4.69) is 138 Å². The molecular weight excluding hydrogens is 569 g/mol. The van der Waals surface area contributed by atoms with Gasteiger partial charge in [-0.3, -0.25) is 0 Å². The minimum Gasteiger partial charge on any atom is -0.398 e. The molecular formula is C45H40N2. The van der Waals surface area contributed by atoms with Crippen LogP contribution in [0.15, 0.2) is 146 Å². The molecule has 2 heteroatoms. The lowest BCUT2D eigenvalue weighted by molar-refractivity contribution is 0.570. The van der Waals surface area contributed by atoms with Crippen LogP contribution in [0, 0.1) is 0 Å². The Hall–Kier alpha value is -5.34. The molecule has 0 amide bonds. The monoisotopic (exact) mass is 608 g/mol. The highest BCUT2D eigenvalue weighted by molar-refractivity contribution is 5.87. The zero-order valence-electron chi connectivity index (χ0n) is 26.8. The highest BCUT2D eigenvalue weighted by atomic mass is 15.0. The SMILES string of the molecule is N/C(=C\C(=C/Cc1cccc2ccccc12)c1cccc(-n2c3c(c4c2CCC(c2ccccc2)C4)CCC=C3)c1)c1ccccc1. The molecule has 6 aromatic rings. The lowest BCUT2D eigenvalue weighted by Crippen LogP contribution is -2.15. The zero-order valence-corrected chi connectivity index (χ0v) is 26.8. The molecule has 0 fully saturated rings. The van der Waals surface area contributed by atoms with Crippen molar-refractivity contribution in [3.63, 3.8) is 0 Å². The fraction of sp³-hybridized carbons (Fsp3) is 0.156. The van der Waals surface area contributed by atoms with Gasteiger partial charge in [-0.1, -0.05) is 127 Å². The van der Waals surface area contributed by atoms with Crippen molar-refractivity contribution < 1.29 is 0 Å². The molecule has 0 saturated heterocycles. The molecule has 1 atom stereocenters. The average Bonchev–Trinajstić information content (AvgIpc) is 3.48. The molecule has 0 spiro atoms. The average molecular weight is 609 g/mol. The molecule has 1 unspecified atom stereocenters. The van der Waals surface area contributed by atoms with Crippen molar-refractivity contribution in [3.05, 3.63) is 190 Å². The van der Waals surface area contributed by atoms with Gasteiger partial charge in [-0.15, -0.1) is 0 Å². The first-order valence-corrected chi connectivity index (χ1v) is 17.0. The smallest absolute Gasteiger partial charge is 0.0490 e. The third kappa shape index (κ3) is 5.77. The Morgan fingerprint density at radius 3 is 2.36 bits per heavy atom. The van der Waals surface area contributed by atoms with E-state index in [4.69, 9.17) is 5.73 Å². The largest absolute Gasteiger partial charge is 0.398 e. The normalized spacial score (nSPS) is 16.2. The van der Waals surface area contributed by atoms with Crippen molar-refractivity contribution in [1.29, 1.82) is 0 Å². The Balaban J connectivity index is 1.21. The highest BCUT2D eigenvalue weighted by Crippen LogP contribution is 2.41. The number of benzene rings is 5. The van der Waals surface area contributed by atoms with Crippen molar-refractivity contribution in [1.82, 2.24) is 4.57 Å². The second kappa shape index (κ2) is 12.8. The van der Waals surface area contributed by atoms with E-state index in [0.717, 1.165) is 48.9 Å². The maximum Gasteiger partial charge on any atom is 0.0490 e. The molecule has 230 valence electrons. The van der Waals surface area contributed by atoms with E-state index in [0.29, 0.717) is 5.92 Å². The number of rotatable bonds is 7. The molecule has 2 aliphatic carbocycles. The maximum absolute atomic E-state index is 6.77. The number of hydrogen-bond acceptors (Lipinski definition) is 1. The zero-order chi connectivity index (χ0) is 31.6. The van der Waals surface area contributed by atoms with Crippen LogP contribution in [0.5, 0.6) is 0 Å². The van der Waals surface area contributed by atoms with Gasteiger partial charge in [-0.25, -0.2) is 0 Å². The molecule has 0 saturated carbocycles. The Kier molecular flexibility index (Phi) is 7.93. The summed E-state index contributed by atoms with van der Waals surface area (Å²) >= 11 is 0. The molecule has 2 nitrogen and oxygen atoms in total. The summed E-state index contributed by atoms with van der Waals surface area (Å²) < 4.78 is 2.57. The van der Waals surface area contributed by atoms with E-state index in [1.165, 1.54) is 51.0 Å². The van der Waals surface area contributed by atoms with Gasteiger partial charge in [-0.2, -0.15) is 0 Å². The van der Waals surface area contributed by atoms with Crippen LogP contribution in [0.25, 0.3) is 33.8 Å². The van der Waals surface area contributed by atoms with Crippen LogP contribution >= 0.6 is 0 Å². The molecule has 5 aromatic carbocycles. The molecule has 8 rings (SSSR count). The molecule has 1 aromatic heterocycles. The van der Waals surface area contributed by atoms with Crippen LogP contribution in [-0.4, -0.2) is 4.57 Å². The van der Waals surface area contributed by atoms with E-state index < -0.39 is 0 Å². The van der Waals surface area contributed by atoms with Gasteiger partial charge in [0.1, 0.15) is 0 Å².